The number of rotatable bonds is 10. The molecule has 3 atom stereocenters. The van der Waals surface area contributed by atoms with E-state index in [1.807, 2.05) is 12.1 Å². The molecule has 1 aliphatic carbocycles. The van der Waals surface area contributed by atoms with Crippen molar-refractivity contribution in [2.24, 2.45) is 0 Å². The molecule has 1 N–H and O–H groups in total. The van der Waals surface area contributed by atoms with Crippen LogP contribution in [-0.4, -0.2) is 61.7 Å². The molecule has 3 rings (SSSR count). The van der Waals surface area contributed by atoms with Crippen molar-refractivity contribution in [1.82, 2.24) is 4.90 Å². The molecule has 1 aliphatic heterocycles. The van der Waals surface area contributed by atoms with Gasteiger partial charge in [-0.15, -0.1) is 0 Å². The standard InChI is InChI=1S/C23H37NO4/c1-3-4-14-27-19-11-13-24(17-19)20-7-5-6-8-22(20)28-15-12-18-9-10-21(25)23(16-18)26-2/h9-10,16,19-20,22,25H,3-8,11-15,17H2,1-2H3/t19-,20?,22?/m1/s1. The number of phenols is 1. The first-order valence-electron chi connectivity index (χ1n) is 11.0. The maximum absolute atomic E-state index is 9.74. The molecule has 1 heterocycles. The predicted molar refractivity (Wildman–Crippen MR) is 111 cm³/mol. The van der Waals surface area contributed by atoms with Crippen molar-refractivity contribution in [3.05, 3.63) is 23.8 Å². The fourth-order valence-electron chi connectivity index (χ4n) is 4.48. The van der Waals surface area contributed by atoms with E-state index >= 15 is 0 Å². The lowest BCUT2D eigenvalue weighted by atomic mass is 9.91. The molecule has 2 fully saturated rings. The molecule has 2 unspecified atom stereocenters. The van der Waals surface area contributed by atoms with Gasteiger partial charge in [0.15, 0.2) is 11.5 Å². The highest BCUT2D eigenvalue weighted by Gasteiger charge is 2.35. The van der Waals surface area contributed by atoms with E-state index in [1.165, 1.54) is 25.7 Å². The molecule has 1 aromatic carbocycles. The van der Waals surface area contributed by atoms with E-state index in [1.54, 1.807) is 13.2 Å². The third kappa shape index (κ3) is 5.85. The van der Waals surface area contributed by atoms with E-state index in [-0.39, 0.29) is 5.75 Å². The van der Waals surface area contributed by atoms with Gasteiger partial charge in [-0.05, 0) is 49.8 Å². The molecule has 1 saturated heterocycles. The molecule has 2 aliphatic rings. The summed E-state index contributed by atoms with van der Waals surface area (Å²) in [6.45, 7) is 6.01. The monoisotopic (exact) mass is 391 g/mol. The quantitative estimate of drug-likeness (QED) is 0.607. The molecule has 0 bridgehead atoms. The molecule has 5 nitrogen and oxygen atoms in total. The van der Waals surface area contributed by atoms with Gasteiger partial charge in [0.1, 0.15) is 0 Å². The van der Waals surface area contributed by atoms with Crippen LogP contribution in [0.5, 0.6) is 11.5 Å². The average Bonchev–Trinajstić information content (AvgIpc) is 3.18. The van der Waals surface area contributed by atoms with Gasteiger partial charge in [0.2, 0.25) is 0 Å². The molecule has 158 valence electrons. The van der Waals surface area contributed by atoms with E-state index in [0.29, 0.717) is 30.6 Å². The Morgan fingerprint density at radius 2 is 1.96 bits per heavy atom. The van der Waals surface area contributed by atoms with E-state index < -0.39 is 0 Å². The number of hydrogen-bond donors (Lipinski definition) is 1. The van der Waals surface area contributed by atoms with E-state index in [2.05, 4.69) is 11.8 Å². The van der Waals surface area contributed by atoms with Crippen molar-refractivity contribution in [3.63, 3.8) is 0 Å². The summed E-state index contributed by atoms with van der Waals surface area (Å²) in [5.41, 5.74) is 1.13. The van der Waals surface area contributed by atoms with Crippen LogP contribution in [-0.2, 0) is 15.9 Å². The second-order valence-corrected chi connectivity index (χ2v) is 8.15. The molecular weight excluding hydrogens is 354 g/mol. The number of likely N-dealkylation sites (tertiary alicyclic amines) is 1. The first kappa shape index (κ1) is 21.4. The second-order valence-electron chi connectivity index (χ2n) is 8.15. The van der Waals surface area contributed by atoms with E-state index in [9.17, 15) is 5.11 Å². The van der Waals surface area contributed by atoms with Crippen molar-refractivity contribution in [2.45, 2.75) is 76.5 Å². The summed E-state index contributed by atoms with van der Waals surface area (Å²) in [6.07, 6.45) is 10.0. The molecular formula is C23H37NO4. The summed E-state index contributed by atoms with van der Waals surface area (Å²) >= 11 is 0. The summed E-state index contributed by atoms with van der Waals surface area (Å²) in [4.78, 5) is 2.62. The van der Waals surface area contributed by atoms with Crippen LogP contribution in [0.3, 0.4) is 0 Å². The number of benzene rings is 1. The Bertz CT molecular complexity index is 594. The van der Waals surface area contributed by atoms with E-state index in [4.69, 9.17) is 14.2 Å². The zero-order chi connectivity index (χ0) is 19.8. The number of hydrogen-bond acceptors (Lipinski definition) is 5. The Kier molecular flexibility index (Phi) is 8.44. The Labute approximate surface area is 170 Å². The normalized spacial score (nSPS) is 25.9. The van der Waals surface area contributed by atoms with Crippen LogP contribution in [0.25, 0.3) is 0 Å². The van der Waals surface area contributed by atoms with Gasteiger partial charge in [0, 0.05) is 25.7 Å². The summed E-state index contributed by atoms with van der Waals surface area (Å²) in [5, 5.41) is 9.74. The van der Waals surface area contributed by atoms with Crippen molar-refractivity contribution in [2.75, 3.05) is 33.4 Å². The Hall–Kier alpha value is -1.30. The lowest BCUT2D eigenvalue weighted by molar-refractivity contribution is -0.0345. The zero-order valence-electron chi connectivity index (χ0n) is 17.6. The lowest BCUT2D eigenvalue weighted by Gasteiger charge is -2.37. The molecule has 0 amide bonds. The highest BCUT2D eigenvalue weighted by Crippen LogP contribution is 2.30. The minimum atomic E-state index is 0.184. The van der Waals surface area contributed by atoms with Crippen molar-refractivity contribution >= 4 is 0 Å². The van der Waals surface area contributed by atoms with Gasteiger partial charge in [-0.3, -0.25) is 4.90 Å². The first-order valence-corrected chi connectivity index (χ1v) is 11.0. The highest BCUT2D eigenvalue weighted by molar-refractivity contribution is 5.41. The average molecular weight is 392 g/mol. The number of ether oxygens (including phenoxy) is 3. The van der Waals surface area contributed by atoms with Crippen LogP contribution in [0.15, 0.2) is 18.2 Å². The van der Waals surface area contributed by atoms with Gasteiger partial charge in [0.25, 0.3) is 0 Å². The highest BCUT2D eigenvalue weighted by atomic mass is 16.5. The van der Waals surface area contributed by atoms with Gasteiger partial charge in [-0.25, -0.2) is 0 Å². The fourth-order valence-corrected chi connectivity index (χ4v) is 4.48. The van der Waals surface area contributed by atoms with Gasteiger partial charge in [0.05, 0.1) is 25.9 Å². The van der Waals surface area contributed by atoms with Crippen LogP contribution in [0.4, 0.5) is 0 Å². The molecule has 0 spiro atoms. The van der Waals surface area contributed by atoms with Crippen molar-refractivity contribution < 1.29 is 19.3 Å². The molecule has 1 saturated carbocycles. The summed E-state index contributed by atoms with van der Waals surface area (Å²) in [6, 6.07) is 6.07. The van der Waals surface area contributed by atoms with Crippen LogP contribution in [0.1, 0.15) is 57.4 Å². The number of nitrogens with zero attached hydrogens (tertiary/aromatic N) is 1. The topological polar surface area (TPSA) is 51.2 Å². The van der Waals surface area contributed by atoms with Crippen LogP contribution in [0.2, 0.25) is 0 Å². The summed E-state index contributed by atoms with van der Waals surface area (Å²) < 4.78 is 17.6. The molecule has 1 aromatic rings. The van der Waals surface area contributed by atoms with E-state index in [0.717, 1.165) is 50.9 Å². The molecule has 28 heavy (non-hydrogen) atoms. The second kappa shape index (κ2) is 11.0. The van der Waals surface area contributed by atoms with Gasteiger partial charge < -0.3 is 19.3 Å². The van der Waals surface area contributed by atoms with Crippen LogP contribution < -0.4 is 4.74 Å². The largest absolute Gasteiger partial charge is 0.504 e. The number of unbranched alkanes of at least 4 members (excludes halogenated alkanes) is 1. The molecule has 5 heteroatoms. The zero-order valence-corrected chi connectivity index (χ0v) is 17.6. The third-order valence-corrected chi connectivity index (χ3v) is 6.13. The van der Waals surface area contributed by atoms with Crippen molar-refractivity contribution in [1.29, 1.82) is 0 Å². The SMILES string of the molecule is CCCCO[C@@H]1CCN(C2CCCCC2OCCc2ccc(O)c(OC)c2)C1. The van der Waals surface area contributed by atoms with Gasteiger partial charge in [-0.2, -0.15) is 0 Å². The fraction of sp³-hybridized carbons (Fsp3) is 0.739. The maximum Gasteiger partial charge on any atom is 0.160 e. The Morgan fingerprint density at radius 1 is 1.11 bits per heavy atom. The number of aromatic hydroxyl groups is 1. The Balaban J connectivity index is 1.47. The third-order valence-electron chi connectivity index (χ3n) is 6.13. The van der Waals surface area contributed by atoms with Crippen LogP contribution in [0, 0.1) is 0 Å². The minimum Gasteiger partial charge on any atom is -0.504 e. The summed E-state index contributed by atoms with van der Waals surface area (Å²) in [5.74, 6) is 0.712. The first-order chi connectivity index (χ1) is 13.7. The van der Waals surface area contributed by atoms with Crippen molar-refractivity contribution in [3.8, 4) is 11.5 Å². The molecule has 0 aromatic heterocycles. The maximum atomic E-state index is 9.74. The van der Waals surface area contributed by atoms with Gasteiger partial charge in [-0.1, -0.05) is 32.3 Å². The van der Waals surface area contributed by atoms with Crippen LogP contribution >= 0.6 is 0 Å². The minimum absolute atomic E-state index is 0.184. The Morgan fingerprint density at radius 3 is 2.79 bits per heavy atom. The lowest BCUT2D eigenvalue weighted by Crippen LogP contribution is -2.46. The number of methoxy groups -OCH3 is 1. The smallest absolute Gasteiger partial charge is 0.160 e. The summed E-state index contributed by atoms with van der Waals surface area (Å²) in [7, 11) is 1.58. The number of phenolic OH excluding ortho intramolecular Hbond substituents is 1. The van der Waals surface area contributed by atoms with Gasteiger partial charge >= 0.3 is 0 Å². The predicted octanol–water partition coefficient (Wildman–Crippen LogP) is 4.16. The molecule has 0 radical (unpaired) electrons.